The summed E-state index contributed by atoms with van der Waals surface area (Å²) in [7, 11) is 0. The number of aliphatic hydroxyl groups excluding tert-OH is 1. The van der Waals surface area contributed by atoms with Crippen molar-refractivity contribution in [2.45, 2.75) is 19.0 Å². The molecular formula is C16H21F3N2O3. The molecule has 1 aliphatic heterocycles. The Labute approximate surface area is 138 Å². The molecule has 134 valence electrons. The first-order valence-electron chi connectivity index (χ1n) is 7.84. The van der Waals surface area contributed by atoms with E-state index in [4.69, 9.17) is 9.84 Å². The molecule has 0 spiro atoms. The predicted octanol–water partition coefficient (Wildman–Crippen LogP) is 2.50. The van der Waals surface area contributed by atoms with E-state index in [1.54, 1.807) is 4.90 Å². The fourth-order valence-electron chi connectivity index (χ4n) is 2.60. The first-order valence-corrected chi connectivity index (χ1v) is 7.84. The predicted molar refractivity (Wildman–Crippen MR) is 81.7 cm³/mol. The zero-order chi connectivity index (χ0) is 17.6. The maximum absolute atomic E-state index is 12.6. The van der Waals surface area contributed by atoms with Gasteiger partial charge in [0.15, 0.2) is 0 Å². The number of urea groups is 1. The average Bonchev–Trinajstić information content (AvgIpc) is 2.58. The van der Waals surface area contributed by atoms with E-state index >= 15 is 0 Å². The minimum atomic E-state index is -4.41. The first-order chi connectivity index (χ1) is 11.4. The monoisotopic (exact) mass is 346 g/mol. The molecular weight excluding hydrogens is 325 g/mol. The number of nitrogens with one attached hydrogen (secondary N) is 1. The van der Waals surface area contributed by atoms with Crippen molar-refractivity contribution in [3.8, 4) is 5.75 Å². The Hall–Kier alpha value is -1.96. The van der Waals surface area contributed by atoms with E-state index in [1.165, 1.54) is 12.1 Å². The maximum atomic E-state index is 12.6. The van der Waals surface area contributed by atoms with Crippen LogP contribution in [0.4, 0.5) is 18.0 Å². The number of ether oxygens (including phenoxy) is 1. The Kier molecular flexibility index (Phi) is 6.30. The molecule has 2 N–H and O–H groups in total. The molecule has 0 saturated carbocycles. The summed E-state index contributed by atoms with van der Waals surface area (Å²) in [6, 6.07) is 4.37. The van der Waals surface area contributed by atoms with Crippen LogP contribution in [0.2, 0.25) is 0 Å². The number of hydrogen-bond acceptors (Lipinski definition) is 3. The van der Waals surface area contributed by atoms with Gasteiger partial charge >= 0.3 is 12.2 Å². The normalized spacial score (nSPS) is 18.3. The van der Waals surface area contributed by atoms with E-state index in [2.05, 4.69) is 5.32 Å². The van der Waals surface area contributed by atoms with Gasteiger partial charge in [-0.05, 0) is 37.0 Å². The third-order valence-corrected chi connectivity index (χ3v) is 3.87. The van der Waals surface area contributed by atoms with E-state index in [-0.39, 0.29) is 37.5 Å². The molecule has 0 radical (unpaired) electrons. The summed E-state index contributed by atoms with van der Waals surface area (Å²) in [6.07, 6.45) is -2.66. The van der Waals surface area contributed by atoms with Crippen LogP contribution in [0.3, 0.4) is 0 Å². The van der Waals surface area contributed by atoms with Crippen LogP contribution in [0.5, 0.6) is 5.75 Å². The summed E-state index contributed by atoms with van der Waals surface area (Å²) in [5.41, 5.74) is -0.771. The second kappa shape index (κ2) is 8.23. The zero-order valence-electron chi connectivity index (χ0n) is 13.2. The van der Waals surface area contributed by atoms with E-state index in [0.717, 1.165) is 25.0 Å². The summed E-state index contributed by atoms with van der Waals surface area (Å²) < 4.78 is 43.0. The molecule has 2 amide bonds. The van der Waals surface area contributed by atoms with Crippen LogP contribution >= 0.6 is 0 Å². The Bertz CT molecular complexity index is 552. The van der Waals surface area contributed by atoms with Crippen molar-refractivity contribution in [3.05, 3.63) is 29.8 Å². The number of alkyl halides is 3. The molecule has 1 aliphatic rings. The van der Waals surface area contributed by atoms with E-state index < -0.39 is 11.7 Å². The summed E-state index contributed by atoms with van der Waals surface area (Å²) in [4.78, 5) is 13.6. The van der Waals surface area contributed by atoms with Gasteiger partial charge in [0.1, 0.15) is 12.4 Å². The standard InChI is InChI=1S/C16H21F3N2O3/c17-16(18,19)13-4-1-5-14(9-13)24-8-6-20-15(23)21-7-2-3-12(10-21)11-22/h1,4-5,9,12,22H,2-3,6-8,10-11H2,(H,20,23). The number of amides is 2. The van der Waals surface area contributed by atoms with Crippen LogP contribution in [-0.4, -0.2) is 48.9 Å². The zero-order valence-corrected chi connectivity index (χ0v) is 13.2. The summed E-state index contributed by atoms with van der Waals surface area (Å²) in [5.74, 6) is 0.211. The molecule has 1 saturated heterocycles. The molecule has 0 aromatic heterocycles. The van der Waals surface area contributed by atoms with E-state index in [9.17, 15) is 18.0 Å². The number of aliphatic hydroxyl groups is 1. The number of piperidine rings is 1. The van der Waals surface area contributed by atoms with Gasteiger partial charge in [-0.2, -0.15) is 13.2 Å². The molecule has 1 aromatic rings. The molecule has 1 aromatic carbocycles. The lowest BCUT2D eigenvalue weighted by molar-refractivity contribution is -0.137. The molecule has 1 atom stereocenters. The highest BCUT2D eigenvalue weighted by Crippen LogP contribution is 2.31. The summed E-state index contributed by atoms with van der Waals surface area (Å²) in [5, 5.41) is 11.8. The molecule has 0 bridgehead atoms. The molecule has 1 fully saturated rings. The summed E-state index contributed by atoms with van der Waals surface area (Å²) in [6.45, 7) is 1.47. The molecule has 2 rings (SSSR count). The van der Waals surface area contributed by atoms with Crippen molar-refractivity contribution in [3.63, 3.8) is 0 Å². The second-order valence-electron chi connectivity index (χ2n) is 5.74. The topological polar surface area (TPSA) is 61.8 Å². The highest BCUT2D eigenvalue weighted by molar-refractivity contribution is 5.74. The quantitative estimate of drug-likeness (QED) is 0.806. The molecule has 8 heteroatoms. The fraction of sp³-hybridized carbons (Fsp3) is 0.562. The largest absolute Gasteiger partial charge is 0.492 e. The lowest BCUT2D eigenvalue weighted by atomic mass is 9.99. The van der Waals surface area contributed by atoms with Gasteiger partial charge in [0.25, 0.3) is 0 Å². The van der Waals surface area contributed by atoms with Crippen molar-refractivity contribution in [1.82, 2.24) is 10.2 Å². The average molecular weight is 346 g/mol. The molecule has 1 unspecified atom stereocenters. The van der Waals surface area contributed by atoms with Gasteiger partial charge in [-0.1, -0.05) is 6.07 Å². The molecule has 0 aliphatic carbocycles. The van der Waals surface area contributed by atoms with E-state index in [0.29, 0.717) is 13.1 Å². The van der Waals surface area contributed by atoms with Crippen LogP contribution in [0.1, 0.15) is 18.4 Å². The molecule has 5 nitrogen and oxygen atoms in total. The van der Waals surface area contributed by atoms with Gasteiger partial charge in [0.05, 0.1) is 12.1 Å². The van der Waals surface area contributed by atoms with E-state index in [1.807, 2.05) is 0 Å². The number of nitrogens with zero attached hydrogens (tertiary/aromatic N) is 1. The summed E-state index contributed by atoms with van der Waals surface area (Å²) >= 11 is 0. The van der Waals surface area contributed by atoms with Crippen molar-refractivity contribution in [2.75, 3.05) is 32.8 Å². The van der Waals surface area contributed by atoms with Crippen molar-refractivity contribution < 1.29 is 27.8 Å². The van der Waals surface area contributed by atoms with Crippen molar-refractivity contribution in [1.29, 1.82) is 0 Å². The number of likely N-dealkylation sites (tertiary alicyclic amines) is 1. The van der Waals surface area contributed by atoms with Crippen molar-refractivity contribution in [2.24, 2.45) is 5.92 Å². The third-order valence-electron chi connectivity index (χ3n) is 3.87. The van der Waals surface area contributed by atoms with Crippen LogP contribution in [0.15, 0.2) is 24.3 Å². The third kappa shape index (κ3) is 5.30. The molecule has 24 heavy (non-hydrogen) atoms. The number of hydrogen-bond donors (Lipinski definition) is 2. The van der Waals surface area contributed by atoms with Crippen LogP contribution in [-0.2, 0) is 6.18 Å². The Morgan fingerprint density at radius 2 is 2.21 bits per heavy atom. The SMILES string of the molecule is O=C(NCCOc1cccc(C(F)(F)F)c1)N1CCCC(CO)C1. The smallest absolute Gasteiger partial charge is 0.416 e. The number of carbonyl (C=O) groups is 1. The highest BCUT2D eigenvalue weighted by atomic mass is 19.4. The van der Waals surface area contributed by atoms with Crippen molar-refractivity contribution >= 4 is 6.03 Å². The van der Waals surface area contributed by atoms with Crippen LogP contribution < -0.4 is 10.1 Å². The number of carbonyl (C=O) groups excluding carboxylic acids is 1. The van der Waals surface area contributed by atoms with Gasteiger partial charge < -0.3 is 20.1 Å². The van der Waals surface area contributed by atoms with Gasteiger partial charge in [-0.15, -0.1) is 0 Å². The maximum Gasteiger partial charge on any atom is 0.416 e. The Morgan fingerprint density at radius 1 is 1.42 bits per heavy atom. The molecule has 1 heterocycles. The van der Waals surface area contributed by atoms with Gasteiger partial charge in [0.2, 0.25) is 0 Å². The lowest BCUT2D eigenvalue weighted by Gasteiger charge is -2.31. The minimum Gasteiger partial charge on any atom is -0.492 e. The minimum absolute atomic E-state index is 0.0580. The van der Waals surface area contributed by atoms with Crippen LogP contribution in [0.25, 0.3) is 0 Å². The lowest BCUT2D eigenvalue weighted by Crippen LogP contribution is -2.47. The highest BCUT2D eigenvalue weighted by Gasteiger charge is 2.30. The van der Waals surface area contributed by atoms with Crippen LogP contribution in [0, 0.1) is 5.92 Å². The number of rotatable bonds is 5. The first kappa shape index (κ1) is 18.4. The number of halogens is 3. The van der Waals surface area contributed by atoms with Gasteiger partial charge in [-0.25, -0.2) is 4.79 Å². The van der Waals surface area contributed by atoms with Gasteiger partial charge in [0, 0.05) is 19.7 Å². The Balaban J connectivity index is 1.74. The number of benzene rings is 1. The Morgan fingerprint density at radius 3 is 2.92 bits per heavy atom. The second-order valence-corrected chi connectivity index (χ2v) is 5.74. The fourth-order valence-corrected chi connectivity index (χ4v) is 2.60. The van der Waals surface area contributed by atoms with Gasteiger partial charge in [-0.3, -0.25) is 0 Å².